The van der Waals surface area contributed by atoms with E-state index in [0.717, 1.165) is 0 Å². The molecule has 0 amide bonds. The molecule has 0 atom stereocenters. The molecule has 9 nitrogen and oxygen atoms in total. The maximum absolute atomic E-state index is 12.1. The molecule has 0 spiro atoms. The van der Waals surface area contributed by atoms with Crippen molar-refractivity contribution in [1.29, 1.82) is 0 Å². The maximum atomic E-state index is 12.1. The fraction of sp³-hybridized carbons (Fsp3) is 0.353. The highest BCUT2D eigenvalue weighted by Crippen LogP contribution is 2.23. The predicted molar refractivity (Wildman–Crippen MR) is 91.1 cm³/mol. The highest BCUT2D eigenvalue weighted by atomic mass is 16.6. The Balaban J connectivity index is 2.10. The summed E-state index contributed by atoms with van der Waals surface area (Å²) in [5.41, 5.74) is 1.42. The number of hydrogen-bond acceptors (Lipinski definition) is 7. The van der Waals surface area contributed by atoms with Crippen LogP contribution in [0.3, 0.4) is 0 Å². The van der Waals surface area contributed by atoms with Gasteiger partial charge in [0.25, 0.3) is 0 Å². The number of benzene rings is 1. The second-order valence-corrected chi connectivity index (χ2v) is 5.68. The SMILES string of the molecule is COc1ccc(C(C)=O)cc1COC(=O)Cn1nc(C)c([N+](=O)[O-])c1C. The molecule has 9 heteroatoms. The van der Waals surface area contributed by atoms with Gasteiger partial charge in [0, 0.05) is 11.1 Å². The molecule has 0 saturated heterocycles. The lowest BCUT2D eigenvalue weighted by Gasteiger charge is -2.11. The van der Waals surface area contributed by atoms with Crippen LogP contribution in [-0.2, 0) is 22.7 Å². The van der Waals surface area contributed by atoms with Crippen molar-refractivity contribution in [2.45, 2.75) is 33.9 Å². The maximum Gasteiger partial charge on any atom is 0.328 e. The summed E-state index contributed by atoms with van der Waals surface area (Å²) in [6.45, 7) is 4.11. The van der Waals surface area contributed by atoms with Crippen molar-refractivity contribution in [3.8, 4) is 5.75 Å². The number of nitro groups is 1. The summed E-state index contributed by atoms with van der Waals surface area (Å²) in [6.07, 6.45) is 0. The van der Waals surface area contributed by atoms with Gasteiger partial charge in [0.15, 0.2) is 5.78 Å². The van der Waals surface area contributed by atoms with E-state index in [1.54, 1.807) is 18.2 Å². The van der Waals surface area contributed by atoms with Gasteiger partial charge in [0.1, 0.15) is 30.3 Å². The zero-order chi connectivity index (χ0) is 19.4. The van der Waals surface area contributed by atoms with Crippen molar-refractivity contribution in [3.63, 3.8) is 0 Å². The molecule has 2 aromatic rings. The Labute approximate surface area is 149 Å². The minimum Gasteiger partial charge on any atom is -0.496 e. The van der Waals surface area contributed by atoms with E-state index in [4.69, 9.17) is 9.47 Å². The van der Waals surface area contributed by atoms with E-state index in [1.165, 1.54) is 32.6 Å². The van der Waals surface area contributed by atoms with Gasteiger partial charge in [-0.15, -0.1) is 0 Å². The number of nitrogens with zero attached hydrogens (tertiary/aromatic N) is 3. The zero-order valence-corrected chi connectivity index (χ0v) is 14.9. The van der Waals surface area contributed by atoms with Crippen LogP contribution in [0, 0.1) is 24.0 Å². The smallest absolute Gasteiger partial charge is 0.328 e. The summed E-state index contributed by atoms with van der Waals surface area (Å²) in [4.78, 5) is 34.0. The van der Waals surface area contributed by atoms with E-state index in [1.807, 2.05) is 0 Å². The molecule has 0 radical (unpaired) electrons. The van der Waals surface area contributed by atoms with Crippen molar-refractivity contribution in [1.82, 2.24) is 9.78 Å². The summed E-state index contributed by atoms with van der Waals surface area (Å²) < 4.78 is 11.6. The molecule has 138 valence electrons. The van der Waals surface area contributed by atoms with Gasteiger partial charge in [-0.05, 0) is 39.0 Å². The molecule has 0 unspecified atom stereocenters. The van der Waals surface area contributed by atoms with Gasteiger partial charge in [-0.1, -0.05) is 0 Å². The van der Waals surface area contributed by atoms with E-state index in [9.17, 15) is 19.7 Å². The molecule has 2 rings (SSSR count). The van der Waals surface area contributed by atoms with Gasteiger partial charge in [0.2, 0.25) is 0 Å². The van der Waals surface area contributed by atoms with Gasteiger partial charge in [0.05, 0.1) is 12.0 Å². The number of aromatic nitrogens is 2. The normalized spacial score (nSPS) is 10.5. The summed E-state index contributed by atoms with van der Waals surface area (Å²) in [7, 11) is 1.48. The van der Waals surface area contributed by atoms with Gasteiger partial charge < -0.3 is 9.47 Å². The first-order valence-electron chi connectivity index (χ1n) is 7.76. The third kappa shape index (κ3) is 4.05. The Bertz CT molecular complexity index is 872. The number of methoxy groups -OCH3 is 1. The Hall–Kier alpha value is -3.23. The summed E-state index contributed by atoms with van der Waals surface area (Å²) in [5.74, 6) is -0.236. The monoisotopic (exact) mass is 361 g/mol. The fourth-order valence-corrected chi connectivity index (χ4v) is 2.54. The van der Waals surface area contributed by atoms with Crippen molar-refractivity contribution in [2.24, 2.45) is 0 Å². The molecule has 0 bridgehead atoms. The van der Waals surface area contributed by atoms with Crippen LogP contribution in [0.4, 0.5) is 5.69 Å². The first-order chi connectivity index (χ1) is 12.2. The summed E-state index contributed by atoms with van der Waals surface area (Å²) >= 11 is 0. The standard InChI is InChI=1S/C17H19N3O6/c1-10-17(20(23)24)11(2)19(18-10)8-16(22)26-9-14-7-13(12(3)21)5-6-15(14)25-4/h5-7H,8-9H2,1-4H3. The lowest BCUT2D eigenvalue weighted by molar-refractivity contribution is -0.386. The molecule has 1 aromatic carbocycles. The molecular weight excluding hydrogens is 342 g/mol. The molecule has 0 N–H and O–H groups in total. The summed E-state index contributed by atoms with van der Waals surface area (Å²) in [6, 6.07) is 4.86. The first-order valence-corrected chi connectivity index (χ1v) is 7.76. The largest absolute Gasteiger partial charge is 0.496 e. The van der Waals surface area contributed by atoms with Crippen LogP contribution >= 0.6 is 0 Å². The van der Waals surface area contributed by atoms with Crippen molar-refractivity contribution >= 4 is 17.4 Å². The Morgan fingerprint density at radius 2 is 2.00 bits per heavy atom. The number of ketones is 1. The molecule has 0 aliphatic rings. The lowest BCUT2D eigenvalue weighted by Crippen LogP contribution is -2.16. The van der Waals surface area contributed by atoms with Crippen molar-refractivity contribution in [2.75, 3.05) is 7.11 Å². The first kappa shape index (κ1) is 19.1. The number of hydrogen-bond donors (Lipinski definition) is 0. The lowest BCUT2D eigenvalue weighted by atomic mass is 10.1. The number of carbonyl (C=O) groups excluding carboxylic acids is 2. The van der Waals surface area contributed by atoms with E-state index in [0.29, 0.717) is 16.9 Å². The quantitative estimate of drug-likeness (QED) is 0.322. The molecule has 0 aliphatic carbocycles. The molecule has 1 heterocycles. The number of esters is 1. The van der Waals surface area contributed by atoms with Crippen LogP contribution in [-0.4, -0.2) is 33.6 Å². The highest BCUT2D eigenvalue weighted by Gasteiger charge is 2.23. The third-order valence-corrected chi connectivity index (χ3v) is 3.88. The van der Waals surface area contributed by atoms with Crippen LogP contribution in [0.5, 0.6) is 5.75 Å². The molecule has 0 fully saturated rings. The van der Waals surface area contributed by atoms with Crippen LogP contribution in [0.25, 0.3) is 0 Å². The van der Waals surface area contributed by atoms with Crippen LogP contribution < -0.4 is 4.74 Å². The Kier molecular flexibility index (Phi) is 5.71. The van der Waals surface area contributed by atoms with Crippen molar-refractivity contribution < 1.29 is 24.0 Å². The Morgan fingerprint density at radius 1 is 1.31 bits per heavy atom. The van der Waals surface area contributed by atoms with Gasteiger partial charge >= 0.3 is 11.7 Å². The molecule has 0 aliphatic heterocycles. The molecule has 26 heavy (non-hydrogen) atoms. The Morgan fingerprint density at radius 3 is 2.54 bits per heavy atom. The number of rotatable bonds is 7. The van der Waals surface area contributed by atoms with Crippen LogP contribution in [0.2, 0.25) is 0 Å². The number of Topliss-reactive ketones (excluding diaryl/α,β-unsaturated/α-hetero) is 1. The topological polar surface area (TPSA) is 114 Å². The minimum absolute atomic E-state index is 0.0927. The van der Waals surface area contributed by atoms with Gasteiger partial charge in [-0.2, -0.15) is 5.10 Å². The minimum atomic E-state index is -0.610. The number of ether oxygens (including phenoxy) is 2. The van der Waals surface area contributed by atoms with E-state index in [-0.39, 0.29) is 36.0 Å². The average molecular weight is 361 g/mol. The fourth-order valence-electron chi connectivity index (χ4n) is 2.54. The van der Waals surface area contributed by atoms with Crippen molar-refractivity contribution in [3.05, 3.63) is 50.8 Å². The molecule has 0 saturated carbocycles. The molecular formula is C17H19N3O6. The summed E-state index contributed by atoms with van der Waals surface area (Å²) in [5, 5.41) is 15.0. The van der Waals surface area contributed by atoms with Gasteiger partial charge in [-0.3, -0.25) is 24.4 Å². The highest BCUT2D eigenvalue weighted by molar-refractivity contribution is 5.94. The van der Waals surface area contributed by atoms with Crippen LogP contribution in [0.15, 0.2) is 18.2 Å². The van der Waals surface area contributed by atoms with Gasteiger partial charge in [-0.25, -0.2) is 0 Å². The van der Waals surface area contributed by atoms with E-state index >= 15 is 0 Å². The zero-order valence-electron chi connectivity index (χ0n) is 14.9. The molecule has 1 aromatic heterocycles. The third-order valence-electron chi connectivity index (χ3n) is 3.88. The van der Waals surface area contributed by atoms with E-state index in [2.05, 4.69) is 5.10 Å². The number of carbonyl (C=O) groups is 2. The second-order valence-electron chi connectivity index (χ2n) is 5.68. The average Bonchev–Trinajstić information content (AvgIpc) is 2.86. The van der Waals surface area contributed by atoms with Crippen LogP contribution in [0.1, 0.15) is 34.2 Å². The second kappa shape index (κ2) is 7.77. The van der Waals surface area contributed by atoms with E-state index < -0.39 is 10.9 Å². The predicted octanol–water partition coefficient (Wildman–Crippen LogP) is 2.36. The number of aryl methyl sites for hydroxylation is 1.